The van der Waals surface area contributed by atoms with E-state index in [2.05, 4.69) is 16.6 Å². The van der Waals surface area contributed by atoms with Crippen LogP contribution in [0.5, 0.6) is 0 Å². The molecule has 1 aromatic rings. The quantitative estimate of drug-likeness (QED) is 0.631. The van der Waals surface area contributed by atoms with Crippen LogP contribution in [0, 0.1) is 11.8 Å². The number of hydrogen-bond donors (Lipinski definition) is 2. The lowest BCUT2D eigenvalue weighted by Crippen LogP contribution is -2.27. The van der Waals surface area contributed by atoms with Gasteiger partial charge in [0.05, 0.1) is 11.4 Å². The van der Waals surface area contributed by atoms with Crippen molar-refractivity contribution >= 4 is 21.8 Å². The van der Waals surface area contributed by atoms with Crippen molar-refractivity contribution in [1.29, 1.82) is 0 Å². The average molecular weight is 338 g/mol. The number of hydrogen-bond acceptors (Lipinski definition) is 4. The van der Waals surface area contributed by atoms with E-state index in [0.29, 0.717) is 0 Å². The smallest absolute Gasteiger partial charge is 0.320 e. The molecular formula is C12H13F3N2O2S2. The van der Waals surface area contributed by atoms with Gasteiger partial charge in [0.15, 0.2) is 0 Å². The van der Waals surface area contributed by atoms with Gasteiger partial charge in [0, 0.05) is 17.9 Å². The Morgan fingerprint density at radius 3 is 2.57 bits per heavy atom. The Morgan fingerprint density at radius 1 is 1.29 bits per heavy atom. The van der Waals surface area contributed by atoms with E-state index in [9.17, 15) is 21.6 Å². The van der Waals surface area contributed by atoms with Crippen LogP contribution in [0.4, 0.5) is 13.2 Å². The molecule has 0 fully saturated rings. The second-order valence-electron chi connectivity index (χ2n) is 3.69. The van der Waals surface area contributed by atoms with Gasteiger partial charge in [0.1, 0.15) is 0 Å². The molecule has 116 valence electrons. The van der Waals surface area contributed by atoms with E-state index < -0.39 is 21.3 Å². The Hall–Kier alpha value is -1.21. The first-order valence-corrected chi connectivity index (χ1v) is 8.21. The summed E-state index contributed by atoms with van der Waals surface area (Å²) < 4.78 is 62.1. The molecule has 0 spiro atoms. The van der Waals surface area contributed by atoms with Gasteiger partial charge in [-0.05, 0) is 23.9 Å². The number of alkyl halides is 3. The number of thioether (sulfide) groups is 1. The summed E-state index contributed by atoms with van der Waals surface area (Å²) in [5.74, 6) is 4.75. The number of sulfonamides is 1. The minimum Gasteiger partial charge on any atom is -0.320 e. The fraction of sp³-hybridized carbons (Fsp3) is 0.333. The third kappa shape index (κ3) is 6.39. The zero-order valence-electron chi connectivity index (χ0n) is 10.8. The van der Waals surface area contributed by atoms with Crippen LogP contribution in [0.25, 0.3) is 0 Å². The van der Waals surface area contributed by atoms with E-state index >= 15 is 0 Å². The molecule has 3 N–H and O–H groups in total. The molecule has 1 aromatic carbocycles. The van der Waals surface area contributed by atoms with Crippen molar-refractivity contribution in [2.45, 2.75) is 10.4 Å². The molecule has 0 saturated carbocycles. The zero-order chi connectivity index (χ0) is 15.9. The fourth-order valence-corrected chi connectivity index (χ4v) is 3.13. The summed E-state index contributed by atoms with van der Waals surface area (Å²) in [6.45, 7) is -0.255. The molecule has 0 bridgehead atoms. The zero-order valence-corrected chi connectivity index (χ0v) is 12.4. The molecule has 0 amide bonds. The van der Waals surface area contributed by atoms with E-state index in [1.54, 1.807) is 6.07 Å². The molecular weight excluding hydrogens is 325 g/mol. The van der Waals surface area contributed by atoms with Crippen molar-refractivity contribution in [3.8, 4) is 11.8 Å². The molecule has 0 atom stereocenters. The molecule has 0 radical (unpaired) electrons. The molecule has 0 aliphatic rings. The van der Waals surface area contributed by atoms with Crippen molar-refractivity contribution in [3.05, 3.63) is 29.8 Å². The Balaban J connectivity index is 2.79. The predicted octanol–water partition coefficient (Wildman–Crippen LogP) is 1.53. The van der Waals surface area contributed by atoms with Gasteiger partial charge in [-0.1, -0.05) is 24.0 Å². The van der Waals surface area contributed by atoms with Crippen molar-refractivity contribution in [1.82, 2.24) is 4.72 Å². The van der Waals surface area contributed by atoms with Crippen molar-refractivity contribution in [2.24, 2.45) is 5.73 Å². The average Bonchev–Trinajstić information content (AvgIpc) is 2.41. The monoisotopic (exact) mass is 338 g/mol. The second kappa shape index (κ2) is 7.70. The molecule has 0 aromatic heterocycles. The molecule has 21 heavy (non-hydrogen) atoms. The summed E-state index contributed by atoms with van der Waals surface area (Å²) in [6.07, 6.45) is 0. The van der Waals surface area contributed by atoms with Gasteiger partial charge in [-0.2, -0.15) is 13.2 Å². The van der Waals surface area contributed by atoms with Crippen LogP contribution in [-0.4, -0.2) is 32.8 Å². The standard InChI is InChI=1S/C12H13F3N2O2S2/c13-12(14,15)20-9-8-17-21(18,19)11-6-2-1-4-10(11)5-3-7-16/h1-2,4,6,17H,7-9,16H2. The molecule has 0 saturated heterocycles. The third-order valence-corrected chi connectivity index (χ3v) is 4.42. The summed E-state index contributed by atoms with van der Waals surface area (Å²) >= 11 is -0.284. The van der Waals surface area contributed by atoms with Crippen LogP contribution in [0.3, 0.4) is 0 Å². The number of benzene rings is 1. The first-order valence-electron chi connectivity index (χ1n) is 5.74. The van der Waals surface area contributed by atoms with E-state index in [1.165, 1.54) is 18.2 Å². The molecule has 0 unspecified atom stereocenters. The summed E-state index contributed by atoms with van der Waals surface area (Å²) in [6, 6.07) is 5.95. The topological polar surface area (TPSA) is 72.2 Å². The largest absolute Gasteiger partial charge is 0.441 e. The summed E-state index contributed by atoms with van der Waals surface area (Å²) in [5, 5.41) is 0. The third-order valence-electron chi connectivity index (χ3n) is 2.16. The van der Waals surface area contributed by atoms with Crippen LogP contribution in [0.15, 0.2) is 29.2 Å². The normalized spacial score (nSPS) is 11.8. The van der Waals surface area contributed by atoms with E-state index in [0.717, 1.165) is 0 Å². The van der Waals surface area contributed by atoms with E-state index in [4.69, 9.17) is 5.73 Å². The maximum absolute atomic E-state index is 12.0. The van der Waals surface area contributed by atoms with Crippen LogP contribution < -0.4 is 10.5 Å². The number of nitrogens with two attached hydrogens (primary N) is 1. The van der Waals surface area contributed by atoms with Crippen LogP contribution >= 0.6 is 11.8 Å². The molecule has 9 heteroatoms. The number of halogens is 3. The van der Waals surface area contributed by atoms with Gasteiger partial charge in [0.2, 0.25) is 10.0 Å². The summed E-state index contributed by atoms with van der Waals surface area (Å²) in [7, 11) is -3.91. The SMILES string of the molecule is NCC#Cc1ccccc1S(=O)(=O)NCCSC(F)(F)F. The summed E-state index contributed by atoms with van der Waals surface area (Å²) in [5.41, 5.74) is 1.10. The predicted molar refractivity (Wildman–Crippen MR) is 76.1 cm³/mol. The Labute approximate surface area is 125 Å². The minimum absolute atomic E-state index is 0.0734. The van der Waals surface area contributed by atoms with Crippen LogP contribution in [0.2, 0.25) is 0 Å². The highest BCUT2D eigenvalue weighted by Gasteiger charge is 2.28. The number of rotatable bonds is 5. The van der Waals surface area contributed by atoms with Crippen molar-refractivity contribution < 1.29 is 21.6 Å². The van der Waals surface area contributed by atoms with Gasteiger partial charge >= 0.3 is 5.51 Å². The van der Waals surface area contributed by atoms with Crippen molar-refractivity contribution in [2.75, 3.05) is 18.8 Å². The molecule has 0 aliphatic carbocycles. The first kappa shape index (κ1) is 17.8. The molecule has 0 heterocycles. The first-order chi connectivity index (χ1) is 9.76. The molecule has 4 nitrogen and oxygen atoms in total. The second-order valence-corrected chi connectivity index (χ2v) is 6.59. The van der Waals surface area contributed by atoms with Gasteiger partial charge in [-0.25, -0.2) is 13.1 Å². The maximum atomic E-state index is 12.0. The lowest BCUT2D eigenvalue weighted by atomic mass is 10.2. The van der Waals surface area contributed by atoms with Gasteiger partial charge < -0.3 is 5.73 Å². The highest BCUT2D eigenvalue weighted by atomic mass is 32.2. The lowest BCUT2D eigenvalue weighted by Gasteiger charge is -2.09. The highest BCUT2D eigenvalue weighted by molar-refractivity contribution is 8.00. The minimum atomic E-state index is -4.38. The van der Waals surface area contributed by atoms with E-state index in [-0.39, 0.29) is 35.3 Å². The van der Waals surface area contributed by atoms with Gasteiger partial charge in [0.25, 0.3) is 0 Å². The van der Waals surface area contributed by atoms with Gasteiger partial charge in [-0.15, -0.1) is 0 Å². The Bertz CT molecular complexity index is 634. The van der Waals surface area contributed by atoms with Gasteiger partial charge in [-0.3, -0.25) is 0 Å². The Kier molecular flexibility index (Phi) is 6.54. The van der Waals surface area contributed by atoms with Crippen LogP contribution in [-0.2, 0) is 10.0 Å². The highest BCUT2D eigenvalue weighted by Crippen LogP contribution is 2.29. The molecule has 0 aliphatic heterocycles. The van der Waals surface area contributed by atoms with Crippen molar-refractivity contribution in [3.63, 3.8) is 0 Å². The summed E-state index contributed by atoms with van der Waals surface area (Å²) in [4.78, 5) is -0.0806. The molecule has 1 rings (SSSR count). The van der Waals surface area contributed by atoms with E-state index in [1.807, 2.05) is 0 Å². The maximum Gasteiger partial charge on any atom is 0.441 e. The Morgan fingerprint density at radius 2 is 1.95 bits per heavy atom. The number of nitrogens with one attached hydrogen (secondary N) is 1. The lowest BCUT2D eigenvalue weighted by molar-refractivity contribution is -0.0327. The fourth-order valence-electron chi connectivity index (χ4n) is 1.37. The van der Waals surface area contributed by atoms with Crippen LogP contribution in [0.1, 0.15) is 5.56 Å².